The Morgan fingerprint density at radius 2 is 1.83 bits per heavy atom. The zero-order chi connectivity index (χ0) is 12.5. The van der Waals surface area contributed by atoms with E-state index in [0.717, 1.165) is 16.9 Å². The molecule has 3 rings (SSSR count). The molecule has 0 amide bonds. The number of fused-ring (bicyclic) bond motifs is 1. The third kappa shape index (κ3) is 1.68. The van der Waals surface area contributed by atoms with Gasteiger partial charge in [-0.1, -0.05) is 48.0 Å². The molecule has 0 saturated carbocycles. The second kappa shape index (κ2) is 4.44. The van der Waals surface area contributed by atoms with Gasteiger partial charge in [-0.3, -0.25) is 4.40 Å². The average molecular weight is 259 g/mol. The minimum Gasteiger partial charge on any atom is -0.390 e. The van der Waals surface area contributed by atoms with E-state index in [-0.39, 0.29) is 6.61 Å². The van der Waals surface area contributed by atoms with Crippen LogP contribution in [0.15, 0.2) is 48.5 Å². The molecule has 0 aliphatic heterocycles. The number of hydrogen-bond donors (Lipinski definition) is 1. The van der Waals surface area contributed by atoms with Crippen LogP contribution >= 0.6 is 11.6 Å². The van der Waals surface area contributed by atoms with Crippen LogP contribution < -0.4 is 0 Å². The van der Waals surface area contributed by atoms with Gasteiger partial charge < -0.3 is 5.11 Å². The van der Waals surface area contributed by atoms with Crippen molar-refractivity contribution in [2.75, 3.05) is 0 Å². The Morgan fingerprint density at radius 3 is 2.56 bits per heavy atom. The van der Waals surface area contributed by atoms with Gasteiger partial charge in [-0.05, 0) is 12.1 Å². The molecule has 0 bridgehead atoms. The summed E-state index contributed by atoms with van der Waals surface area (Å²) in [6.45, 7) is -0.102. The number of pyridine rings is 1. The number of rotatable bonds is 2. The highest BCUT2D eigenvalue weighted by molar-refractivity contribution is 6.29. The lowest BCUT2D eigenvalue weighted by Gasteiger charge is -2.03. The van der Waals surface area contributed by atoms with E-state index < -0.39 is 0 Å². The highest BCUT2D eigenvalue weighted by Gasteiger charge is 2.14. The third-order valence-corrected chi connectivity index (χ3v) is 3.18. The van der Waals surface area contributed by atoms with E-state index in [4.69, 9.17) is 11.6 Å². The van der Waals surface area contributed by atoms with E-state index in [9.17, 15) is 5.11 Å². The fourth-order valence-corrected chi connectivity index (χ4v) is 2.35. The summed E-state index contributed by atoms with van der Waals surface area (Å²) in [6.07, 6.45) is 0. The number of hydrogen-bond acceptors (Lipinski definition) is 2. The van der Waals surface area contributed by atoms with E-state index in [2.05, 4.69) is 4.98 Å². The van der Waals surface area contributed by atoms with Crippen LogP contribution in [0.5, 0.6) is 0 Å². The fourth-order valence-electron chi connectivity index (χ4n) is 2.08. The predicted octanol–water partition coefficient (Wildman–Crippen LogP) is 3.15. The van der Waals surface area contributed by atoms with Crippen LogP contribution in [0.4, 0.5) is 0 Å². The van der Waals surface area contributed by atoms with E-state index in [1.807, 2.05) is 42.5 Å². The van der Waals surface area contributed by atoms with E-state index in [0.29, 0.717) is 10.8 Å². The van der Waals surface area contributed by atoms with Crippen LogP contribution in [0.25, 0.3) is 16.9 Å². The van der Waals surface area contributed by atoms with Crippen molar-refractivity contribution >= 4 is 17.2 Å². The van der Waals surface area contributed by atoms with Crippen LogP contribution in [-0.4, -0.2) is 14.5 Å². The Morgan fingerprint density at radius 1 is 1.06 bits per heavy atom. The van der Waals surface area contributed by atoms with Gasteiger partial charge in [0.2, 0.25) is 0 Å². The third-order valence-electron chi connectivity index (χ3n) is 2.89. The normalized spacial score (nSPS) is 11.0. The minimum atomic E-state index is -0.102. The summed E-state index contributed by atoms with van der Waals surface area (Å²) in [5.74, 6) is 0. The SMILES string of the molecule is OCc1c(-c2ccccc2)nc2cccc(Cl)n12. The van der Waals surface area contributed by atoms with Gasteiger partial charge in [-0.15, -0.1) is 0 Å². The van der Waals surface area contributed by atoms with E-state index >= 15 is 0 Å². The van der Waals surface area contributed by atoms with Gasteiger partial charge in [0.05, 0.1) is 18.0 Å². The van der Waals surface area contributed by atoms with Crippen molar-refractivity contribution in [2.24, 2.45) is 0 Å². The number of imidazole rings is 1. The predicted molar refractivity (Wildman–Crippen MR) is 71.6 cm³/mol. The summed E-state index contributed by atoms with van der Waals surface area (Å²) in [5.41, 5.74) is 3.19. The lowest BCUT2D eigenvalue weighted by molar-refractivity contribution is 0.276. The van der Waals surface area contributed by atoms with Crippen LogP contribution in [0.2, 0.25) is 5.15 Å². The Labute approximate surface area is 109 Å². The Kier molecular flexibility index (Phi) is 2.78. The molecule has 0 radical (unpaired) electrons. The second-order valence-electron chi connectivity index (χ2n) is 3.97. The zero-order valence-corrected chi connectivity index (χ0v) is 10.3. The number of aliphatic hydroxyl groups excluding tert-OH is 1. The van der Waals surface area contributed by atoms with Crippen molar-refractivity contribution in [1.29, 1.82) is 0 Å². The van der Waals surface area contributed by atoms with Crippen molar-refractivity contribution in [3.63, 3.8) is 0 Å². The van der Waals surface area contributed by atoms with E-state index in [1.54, 1.807) is 10.5 Å². The van der Waals surface area contributed by atoms with Crippen LogP contribution in [0, 0.1) is 0 Å². The molecule has 3 nitrogen and oxygen atoms in total. The topological polar surface area (TPSA) is 37.5 Å². The summed E-state index contributed by atoms with van der Waals surface area (Å²) in [5, 5.41) is 10.1. The first-order valence-electron chi connectivity index (χ1n) is 5.63. The molecule has 0 unspecified atom stereocenters. The first-order valence-corrected chi connectivity index (χ1v) is 6.01. The van der Waals surface area contributed by atoms with Gasteiger partial charge >= 0.3 is 0 Å². The maximum Gasteiger partial charge on any atom is 0.138 e. The van der Waals surface area contributed by atoms with Crippen LogP contribution in [0.3, 0.4) is 0 Å². The Balaban J connectivity index is 2.34. The molecule has 1 N–H and O–H groups in total. The van der Waals surface area contributed by atoms with Crippen molar-refractivity contribution in [3.8, 4) is 11.3 Å². The van der Waals surface area contributed by atoms with Gasteiger partial charge in [-0.25, -0.2) is 4.98 Å². The summed E-state index contributed by atoms with van der Waals surface area (Å²) < 4.78 is 1.77. The van der Waals surface area contributed by atoms with Crippen molar-refractivity contribution in [2.45, 2.75) is 6.61 Å². The van der Waals surface area contributed by atoms with Gasteiger partial charge in [0.1, 0.15) is 10.8 Å². The van der Waals surface area contributed by atoms with Crippen LogP contribution in [-0.2, 0) is 6.61 Å². The lowest BCUT2D eigenvalue weighted by Crippen LogP contribution is -1.95. The first kappa shape index (κ1) is 11.3. The largest absolute Gasteiger partial charge is 0.390 e. The molecule has 0 fully saturated rings. The molecule has 3 aromatic rings. The Bertz CT molecular complexity index is 692. The van der Waals surface area contributed by atoms with Crippen LogP contribution in [0.1, 0.15) is 5.69 Å². The molecule has 0 spiro atoms. The monoisotopic (exact) mass is 258 g/mol. The molecule has 18 heavy (non-hydrogen) atoms. The van der Waals surface area contributed by atoms with Crippen molar-refractivity contribution < 1.29 is 5.11 Å². The first-order chi connectivity index (χ1) is 8.81. The second-order valence-corrected chi connectivity index (χ2v) is 4.36. The van der Waals surface area contributed by atoms with Crippen molar-refractivity contribution in [3.05, 3.63) is 59.4 Å². The smallest absolute Gasteiger partial charge is 0.138 e. The number of nitrogens with zero attached hydrogens (tertiary/aromatic N) is 2. The number of halogens is 1. The molecule has 2 aromatic heterocycles. The summed E-state index contributed by atoms with van der Waals surface area (Å²) in [4.78, 5) is 4.53. The Hall–Kier alpha value is -1.84. The summed E-state index contributed by atoms with van der Waals surface area (Å²) in [6, 6.07) is 15.3. The van der Waals surface area contributed by atoms with Gasteiger partial charge in [-0.2, -0.15) is 0 Å². The van der Waals surface area contributed by atoms with Gasteiger partial charge in [0, 0.05) is 5.56 Å². The number of aromatic nitrogens is 2. The molecule has 2 heterocycles. The fraction of sp³-hybridized carbons (Fsp3) is 0.0714. The molecule has 90 valence electrons. The maximum atomic E-state index is 9.57. The van der Waals surface area contributed by atoms with Gasteiger partial charge in [0.15, 0.2) is 0 Å². The molecule has 0 atom stereocenters. The maximum absolute atomic E-state index is 9.57. The van der Waals surface area contributed by atoms with E-state index in [1.165, 1.54) is 0 Å². The number of aliphatic hydroxyl groups is 1. The van der Waals surface area contributed by atoms with Crippen molar-refractivity contribution in [1.82, 2.24) is 9.38 Å². The number of benzene rings is 1. The molecule has 0 saturated heterocycles. The summed E-state index contributed by atoms with van der Waals surface area (Å²) >= 11 is 6.15. The average Bonchev–Trinajstić information content (AvgIpc) is 2.79. The minimum absolute atomic E-state index is 0.102. The molecular weight excluding hydrogens is 248 g/mol. The molecular formula is C14H11ClN2O. The molecule has 1 aromatic carbocycles. The summed E-state index contributed by atoms with van der Waals surface area (Å²) in [7, 11) is 0. The highest BCUT2D eigenvalue weighted by atomic mass is 35.5. The highest BCUT2D eigenvalue weighted by Crippen LogP contribution is 2.26. The van der Waals surface area contributed by atoms with Gasteiger partial charge in [0.25, 0.3) is 0 Å². The lowest BCUT2D eigenvalue weighted by atomic mass is 10.1. The molecule has 0 aliphatic rings. The zero-order valence-electron chi connectivity index (χ0n) is 9.55. The molecule has 0 aliphatic carbocycles. The quantitative estimate of drug-likeness (QED) is 0.717. The molecule has 4 heteroatoms. The standard InChI is InChI=1S/C14H11ClN2O/c15-12-7-4-8-13-16-14(11(9-18)17(12)13)10-5-2-1-3-6-10/h1-8,18H,9H2.